The fourth-order valence-corrected chi connectivity index (χ4v) is 4.94. The van der Waals surface area contributed by atoms with Crippen LogP contribution in [-0.2, 0) is 15.9 Å². The molecule has 2 aromatic rings. The van der Waals surface area contributed by atoms with E-state index < -0.39 is 0 Å². The molecule has 0 unspecified atom stereocenters. The van der Waals surface area contributed by atoms with Crippen LogP contribution < -0.4 is 0 Å². The molecule has 30 heavy (non-hydrogen) atoms. The molecule has 0 spiro atoms. The summed E-state index contributed by atoms with van der Waals surface area (Å²) in [5, 5.41) is 0.782. The van der Waals surface area contributed by atoms with Crippen LogP contribution in [0.2, 0.25) is 5.02 Å². The molecule has 2 aromatic carbocycles. The number of hydrogen-bond acceptors (Lipinski definition) is 2. The van der Waals surface area contributed by atoms with Crippen LogP contribution in [0.1, 0.15) is 44.6 Å². The maximum atomic E-state index is 6.02. The largest absolute Gasteiger partial charge is 0.352 e. The lowest BCUT2D eigenvalue weighted by Gasteiger charge is -2.37. The Kier molecular flexibility index (Phi) is 7.65. The first-order valence-electron chi connectivity index (χ1n) is 11.4. The summed E-state index contributed by atoms with van der Waals surface area (Å²) in [6.45, 7) is 3.67. The van der Waals surface area contributed by atoms with Crippen molar-refractivity contribution in [3.63, 3.8) is 0 Å². The number of hydrogen-bond donors (Lipinski definition) is 0. The van der Waals surface area contributed by atoms with E-state index in [0.29, 0.717) is 11.8 Å². The van der Waals surface area contributed by atoms with E-state index in [2.05, 4.69) is 55.5 Å². The van der Waals surface area contributed by atoms with Gasteiger partial charge in [-0.3, -0.25) is 0 Å². The molecule has 1 aliphatic carbocycles. The average molecular weight is 425 g/mol. The molecule has 1 aliphatic heterocycles. The van der Waals surface area contributed by atoms with Crippen molar-refractivity contribution in [2.75, 3.05) is 13.2 Å². The molecule has 0 atom stereocenters. The van der Waals surface area contributed by atoms with Crippen molar-refractivity contribution in [1.82, 2.24) is 0 Å². The van der Waals surface area contributed by atoms with Gasteiger partial charge in [0, 0.05) is 16.9 Å². The van der Waals surface area contributed by atoms with Gasteiger partial charge in [0.25, 0.3) is 0 Å². The minimum atomic E-state index is 0.0212. The maximum absolute atomic E-state index is 6.02. The lowest BCUT2D eigenvalue weighted by molar-refractivity contribution is -0.223. The number of halogens is 1. The van der Waals surface area contributed by atoms with Crippen LogP contribution in [0.25, 0.3) is 11.1 Å². The molecule has 0 N–H and O–H groups in total. The topological polar surface area (TPSA) is 18.5 Å². The Bertz CT molecular complexity index is 796. The van der Waals surface area contributed by atoms with Gasteiger partial charge in [0.2, 0.25) is 0 Å². The van der Waals surface area contributed by atoms with Crippen molar-refractivity contribution in [3.05, 3.63) is 71.3 Å². The predicted octanol–water partition coefficient (Wildman–Crippen LogP) is 7.31. The van der Waals surface area contributed by atoms with E-state index >= 15 is 0 Å². The summed E-state index contributed by atoms with van der Waals surface area (Å²) in [5.41, 5.74) is 3.90. The second kappa shape index (κ2) is 10.6. The molecule has 0 bridgehead atoms. The summed E-state index contributed by atoms with van der Waals surface area (Å²) in [5.74, 6) is 1.83. The minimum absolute atomic E-state index is 0.0212. The summed E-state index contributed by atoms with van der Waals surface area (Å²) in [4.78, 5) is 0. The van der Waals surface area contributed by atoms with Crippen LogP contribution in [0.4, 0.5) is 0 Å². The molecule has 1 saturated heterocycles. The van der Waals surface area contributed by atoms with Gasteiger partial charge in [-0.05, 0) is 80.2 Å². The lowest BCUT2D eigenvalue weighted by atomic mass is 9.79. The number of rotatable bonds is 6. The smallest absolute Gasteiger partial charge is 0.160 e. The van der Waals surface area contributed by atoms with Crippen molar-refractivity contribution >= 4 is 11.6 Å². The van der Waals surface area contributed by atoms with Crippen LogP contribution in [-0.4, -0.2) is 19.5 Å². The Morgan fingerprint density at radius 3 is 2.07 bits per heavy atom. The van der Waals surface area contributed by atoms with E-state index in [1.165, 1.54) is 48.8 Å². The first-order chi connectivity index (χ1) is 14.7. The van der Waals surface area contributed by atoms with Crippen LogP contribution in [0, 0.1) is 17.8 Å². The zero-order chi connectivity index (χ0) is 20.8. The number of aryl methyl sites for hydroxylation is 1. The Hall–Kier alpha value is -1.61. The molecule has 3 heteroatoms. The zero-order valence-electron chi connectivity index (χ0n) is 17.9. The highest BCUT2D eigenvalue weighted by Gasteiger charge is 2.31. The number of allylic oxidation sites excluding steroid dienone is 1. The van der Waals surface area contributed by atoms with E-state index in [9.17, 15) is 0 Å². The summed E-state index contributed by atoms with van der Waals surface area (Å²) < 4.78 is 12.0. The normalized spacial score (nSPS) is 27.4. The summed E-state index contributed by atoms with van der Waals surface area (Å²) in [6, 6.07) is 17.1. The average Bonchev–Trinajstić information content (AvgIpc) is 2.80. The molecule has 0 radical (unpaired) electrons. The van der Waals surface area contributed by atoms with Gasteiger partial charge in [0.15, 0.2) is 6.29 Å². The van der Waals surface area contributed by atoms with Crippen LogP contribution in [0.5, 0.6) is 0 Å². The second-order valence-electron chi connectivity index (χ2n) is 8.84. The first-order valence-corrected chi connectivity index (χ1v) is 11.8. The van der Waals surface area contributed by atoms with Gasteiger partial charge in [0.1, 0.15) is 0 Å². The molecule has 1 saturated carbocycles. The van der Waals surface area contributed by atoms with Gasteiger partial charge in [-0.2, -0.15) is 0 Å². The first kappa shape index (κ1) is 21.6. The SMILES string of the molecule is C/C=C/[C@H]1CO[C@H]([C@H]2CC[C@H](CCc3ccc(-c4ccc(Cl)cc4)cc3)CC2)OC1. The predicted molar refractivity (Wildman–Crippen MR) is 125 cm³/mol. The Morgan fingerprint density at radius 1 is 0.867 bits per heavy atom. The van der Waals surface area contributed by atoms with E-state index in [1.54, 1.807) is 0 Å². The van der Waals surface area contributed by atoms with Gasteiger partial charge >= 0.3 is 0 Å². The van der Waals surface area contributed by atoms with E-state index in [4.69, 9.17) is 21.1 Å². The third kappa shape index (κ3) is 5.75. The molecule has 0 amide bonds. The minimum Gasteiger partial charge on any atom is -0.352 e. The molecular weight excluding hydrogens is 392 g/mol. The second-order valence-corrected chi connectivity index (χ2v) is 9.28. The zero-order valence-corrected chi connectivity index (χ0v) is 18.7. The maximum Gasteiger partial charge on any atom is 0.160 e. The molecular formula is C27H33ClO2. The van der Waals surface area contributed by atoms with Crippen molar-refractivity contribution in [2.45, 2.75) is 51.7 Å². The van der Waals surface area contributed by atoms with Crippen molar-refractivity contribution in [2.24, 2.45) is 17.8 Å². The highest BCUT2D eigenvalue weighted by molar-refractivity contribution is 6.30. The number of ether oxygens (including phenoxy) is 2. The van der Waals surface area contributed by atoms with E-state index in [1.807, 2.05) is 12.1 Å². The van der Waals surface area contributed by atoms with Gasteiger partial charge in [-0.1, -0.05) is 60.2 Å². The molecule has 4 rings (SSSR count). The van der Waals surface area contributed by atoms with E-state index in [-0.39, 0.29) is 6.29 Å². The van der Waals surface area contributed by atoms with Crippen molar-refractivity contribution < 1.29 is 9.47 Å². The van der Waals surface area contributed by atoms with Gasteiger partial charge in [0.05, 0.1) is 13.2 Å². The Balaban J connectivity index is 1.20. The highest BCUT2D eigenvalue weighted by atomic mass is 35.5. The Morgan fingerprint density at radius 2 is 1.47 bits per heavy atom. The highest BCUT2D eigenvalue weighted by Crippen LogP contribution is 2.36. The quantitative estimate of drug-likeness (QED) is 0.452. The molecule has 2 aliphatic rings. The molecule has 0 aromatic heterocycles. The fourth-order valence-electron chi connectivity index (χ4n) is 4.81. The van der Waals surface area contributed by atoms with Gasteiger partial charge in [-0.15, -0.1) is 0 Å². The third-order valence-corrected chi connectivity index (χ3v) is 6.91. The molecule has 2 fully saturated rings. The molecule has 160 valence electrons. The summed E-state index contributed by atoms with van der Waals surface area (Å²) >= 11 is 5.99. The van der Waals surface area contributed by atoms with Gasteiger partial charge < -0.3 is 9.47 Å². The lowest BCUT2D eigenvalue weighted by Crippen LogP contribution is -2.38. The van der Waals surface area contributed by atoms with Crippen LogP contribution >= 0.6 is 11.6 Å². The standard InChI is InChI=1S/C27H33ClO2/c1-2-3-22-18-29-27(30-19-22)25-12-8-21(9-13-25)5-4-20-6-10-23(11-7-20)24-14-16-26(28)17-15-24/h2-3,6-7,10-11,14-17,21-22,25,27H,4-5,8-9,12-13,18-19H2,1H3/b3-2+/t21-,22-,25-,27-. The van der Waals surface area contributed by atoms with E-state index in [0.717, 1.165) is 30.6 Å². The van der Waals surface area contributed by atoms with Crippen LogP contribution in [0.3, 0.4) is 0 Å². The summed E-state index contributed by atoms with van der Waals surface area (Å²) in [7, 11) is 0. The molecule has 1 heterocycles. The summed E-state index contributed by atoms with van der Waals surface area (Å²) in [6.07, 6.45) is 11.8. The fraction of sp³-hybridized carbons (Fsp3) is 0.481. The third-order valence-electron chi connectivity index (χ3n) is 6.66. The van der Waals surface area contributed by atoms with Crippen molar-refractivity contribution in [1.29, 1.82) is 0 Å². The number of benzene rings is 2. The van der Waals surface area contributed by atoms with Crippen molar-refractivity contribution in [3.8, 4) is 11.1 Å². The monoisotopic (exact) mass is 424 g/mol. The Labute approximate surface area is 186 Å². The van der Waals surface area contributed by atoms with Gasteiger partial charge in [-0.25, -0.2) is 0 Å². The molecule has 2 nitrogen and oxygen atoms in total. The van der Waals surface area contributed by atoms with Crippen LogP contribution in [0.15, 0.2) is 60.7 Å².